The topological polar surface area (TPSA) is 58.6 Å². The Morgan fingerprint density at radius 1 is 1.14 bits per heavy atom. The molecule has 0 spiro atoms. The molecule has 0 saturated carbocycles. The molecule has 1 aliphatic rings. The Morgan fingerprint density at radius 3 is 2.66 bits per heavy atom. The van der Waals surface area contributed by atoms with Gasteiger partial charge in [-0.2, -0.15) is 0 Å². The highest BCUT2D eigenvalue weighted by Gasteiger charge is 2.43. The van der Waals surface area contributed by atoms with Crippen molar-refractivity contribution < 1.29 is 14.3 Å². The first-order valence-electron chi connectivity index (χ1n) is 9.36. The van der Waals surface area contributed by atoms with Gasteiger partial charge in [-0.25, -0.2) is 0 Å². The molecule has 0 radical (unpaired) electrons. The Bertz CT molecular complexity index is 1060. The highest BCUT2D eigenvalue weighted by Crippen LogP contribution is 2.44. The first-order chi connectivity index (χ1) is 14.0. The van der Waals surface area contributed by atoms with Gasteiger partial charge in [0.15, 0.2) is 0 Å². The van der Waals surface area contributed by atoms with Crippen LogP contribution in [0.4, 0.5) is 5.69 Å². The molecule has 6 heteroatoms. The summed E-state index contributed by atoms with van der Waals surface area (Å²) in [4.78, 5) is 29.2. The van der Waals surface area contributed by atoms with Gasteiger partial charge in [0, 0.05) is 17.5 Å². The van der Waals surface area contributed by atoms with Gasteiger partial charge in [0.1, 0.15) is 5.75 Å². The van der Waals surface area contributed by atoms with Crippen LogP contribution < -0.4 is 10.1 Å². The molecule has 0 saturated heterocycles. The van der Waals surface area contributed by atoms with Crippen LogP contribution in [-0.4, -0.2) is 30.9 Å². The van der Waals surface area contributed by atoms with Crippen molar-refractivity contribution in [1.29, 1.82) is 0 Å². The molecule has 0 unspecified atom stereocenters. The van der Waals surface area contributed by atoms with E-state index in [-0.39, 0.29) is 17.9 Å². The van der Waals surface area contributed by atoms with Crippen LogP contribution in [-0.2, 0) is 4.79 Å². The highest BCUT2D eigenvalue weighted by molar-refractivity contribution is 7.10. The van der Waals surface area contributed by atoms with Crippen LogP contribution in [0.25, 0.3) is 0 Å². The normalized spacial score (nSPS) is 18.3. The maximum absolute atomic E-state index is 13.6. The minimum absolute atomic E-state index is 0.0730. The van der Waals surface area contributed by atoms with Crippen molar-refractivity contribution in [3.8, 4) is 5.75 Å². The van der Waals surface area contributed by atoms with E-state index in [1.165, 1.54) is 0 Å². The largest absolute Gasteiger partial charge is 0.495 e. The predicted molar refractivity (Wildman–Crippen MR) is 115 cm³/mol. The summed E-state index contributed by atoms with van der Waals surface area (Å²) in [7, 11) is 3.34. The maximum atomic E-state index is 13.6. The van der Waals surface area contributed by atoms with E-state index in [0.717, 1.165) is 16.0 Å². The van der Waals surface area contributed by atoms with Crippen LogP contribution >= 0.6 is 11.3 Å². The molecule has 0 aliphatic carbocycles. The first-order valence-corrected chi connectivity index (χ1v) is 10.2. The number of methoxy groups -OCH3 is 1. The van der Waals surface area contributed by atoms with Gasteiger partial charge >= 0.3 is 0 Å². The van der Waals surface area contributed by atoms with Crippen molar-refractivity contribution >= 4 is 28.8 Å². The summed E-state index contributed by atoms with van der Waals surface area (Å²) < 4.78 is 5.42. The van der Waals surface area contributed by atoms with Crippen LogP contribution in [0.5, 0.6) is 5.75 Å². The molecule has 148 valence electrons. The quantitative estimate of drug-likeness (QED) is 0.688. The Balaban J connectivity index is 1.80. The number of fused-ring (bicyclic) bond motifs is 1. The molecule has 3 aromatic rings. The number of rotatable bonds is 4. The SMILES string of the molecule is COc1ccc(C)cc1NC(=O)[C@@H]1c2ccccc2C(=O)N(C)[C@@H]1c1cccs1. The summed E-state index contributed by atoms with van der Waals surface area (Å²) in [5.74, 6) is -0.168. The molecule has 2 amide bonds. The summed E-state index contributed by atoms with van der Waals surface area (Å²) in [6.07, 6.45) is 0. The fourth-order valence-electron chi connectivity index (χ4n) is 3.90. The Hall–Kier alpha value is -3.12. The third-order valence-electron chi connectivity index (χ3n) is 5.31. The van der Waals surface area contributed by atoms with Crippen molar-refractivity contribution in [3.05, 3.63) is 81.5 Å². The lowest BCUT2D eigenvalue weighted by Crippen LogP contribution is -2.43. The number of likely N-dealkylation sites (N-methyl/N-ethyl adjacent to an activating group) is 1. The lowest BCUT2D eigenvalue weighted by Gasteiger charge is -2.39. The molecule has 2 aromatic carbocycles. The molecule has 29 heavy (non-hydrogen) atoms. The fourth-order valence-corrected chi connectivity index (χ4v) is 4.81. The van der Waals surface area contributed by atoms with Gasteiger partial charge in [0.2, 0.25) is 5.91 Å². The van der Waals surface area contributed by atoms with Crippen LogP contribution in [0.1, 0.15) is 38.3 Å². The van der Waals surface area contributed by atoms with Gasteiger partial charge in [-0.1, -0.05) is 30.3 Å². The number of hydrogen-bond acceptors (Lipinski definition) is 4. The lowest BCUT2D eigenvalue weighted by molar-refractivity contribution is -0.119. The number of nitrogens with zero attached hydrogens (tertiary/aromatic N) is 1. The standard InChI is InChI=1S/C23H22N2O3S/c1-14-10-11-18(28-3)17(13-14)24-22(26)20-15-7-4-5-8-16(15)23(27)25(2)21(20)19-9-6-12-29-19/h4-13,20-21H,1-3H3,(H,24,26)/t20-,21-/m1/s1. The molecule has 1 aromatic heterocycles. The number of carbonyl (C=O) groups is 2. The summed E-state index contributed by atoms with van der Waals surface area (Å²) in [6.45, 7) is 1.96. The third-order valence-corrected chi connectivity index (χ3v) is 6.25. The lowest BCUT2D eigenvalue weighted by atomic mass is 9.81. The van der Waals surface area contributed by atoms with Gasteiger partial charge in [0.25, 0.3) is 5.91 Å². The van der Waals surface area contributed by atoms with E-state index in [0.29, 0.717) is 17.0 Å². The molecular weight excluding hydrogens is 384 g/mol. The second kappa shape index (κ2) is 7.72. The van der Waals surface area contributed by atoms with Gasteiger partial charge in [-0.05, 0) is 47.7 Å². The molecule has 1 aliphatic heterocycles. The zero-order valence-corrected chi connectivity index (χ0v) is 17.3. The minimum Gasteiger partial charge on any atom is -0.495 e. The van der Waals surface area contributed by atoms with Crippen LogP contribution in [0.15, 0.2) is 60.0 Å². The van der Waals surface area contributed by atoms with E-state index in [1.54, 1.807) is 36.5 Å². The zero-order chi connectivity index (χ0) is 20.5. The molecule has 0 bridgehead atoms. The number of aryl methyl sites for hydroxylation is 1. The van der Waals surface area contributed by atoms with Crippen molar-refractivity contribution in [2.45, 2.75) is 18.9 Å². The molecule has 2 heterocycles. The van der Waals surface area contributed by atoms with E-state index >= 15 is 0 Å². The number of carbonyl (C=O) groups excluding carboxylic acids is 2. The number of anilines is 1. The van der Waals surface area contributed by atoms with Gasteiger partial charge in [-0.3, -0.25) is 9.59 Å². The average Bonchev–Trinajstić information content (AvgIpc) is 3.25. The van der Waals surface area contributed by atoms with Crippen molar-refractivity contribution in [2.75, 3.05) is 19.5 Å². The fraction of sp³-hybridized carbons (Fsp3) is 0.217. The number of hydrogen-bond donors (Lipinski definition) is 1. The van der Waals surface area contributed by atoms with E-state index in [1.807, 2.05) is 60.8 Å². The third kappa shape index (κ3) is 3.40. The maximum Gasteiger partial charge on any atom is 0.254 e. The number of amides is 2. The number of nitrogens with one attached hydrogen (secondary N) is 1. The highest BCUT2D eigenvalue weighted by atomic mass is 32.1. The molecule has 2 atom stereocenters. The van der Waals surface area contributed by atoms with Crippen LogP contribution in [0.3, 0.4) is 0 Å². The number of benzene rings is 2. The van der Waals surface area contributed by atoms with Crippen molar-refractivity contribution in [2.24, 2.45) is 0 Å². The Kier molecular flexibility index (Phi) is 5.11. The minimum atomic E-state index is -0.530. The van der Waals surface area contributed by atoms with E-state index in [2.05, 4.69) is 5.32 Å². The summed E-state index contributed by atoms with van der Waals surface area (Å²) >= 11 is 1.55. The van der Waals surface area contributed by atoms with Gasteiger partial charge in [0.05, 0.1) is 24.8 Å². The second-order valence-electron chi connectivity index (χ2n) is 7.13. The van der Waals surface area contributed by atoms with E-state index < -0.39 is 5.92 Å². The van der Waals surface area contributed by atoms with Crippen molar-refractivity contribution in [3.63, 3.8) is 0 Å². The van der Waals surface area contributed by atoms with Crippen LogP contribution in [0.2, 0.25) is 0 Å². The summed E-state index contributed by atoms with van der Waals surface area (Å²) in [5.41, 5.74) is 2.96. The average molecular weight is 407 g/mol. The van der Waals surface area contributed by atoms with E-state index in [9.17, 15) is 9.59 Å². The predicted octanol–water partition coefficient (Wildman–Crippen LogP) is 4.61. The smallest absolute Gasteiger partial charge is 0.254 e. The monoisotopic (exact) mass is 406 g/mol. The first kappa shape index (κ1) is 19.2. The Labute approximate surface area is 173 Å². The molecule has 0 fully saturated rings. The molecule has 1 N–H and O–H groups in total. The zero-order valence-electron chi connectivity index (χ0n) is 16.5. The van der Waals surface area contributed by atoms with E-state index in [4.69, 9.17) is 4.74 Å². The van der Waals surface area contributed by atoms with Gasteiger partial charge in [-0.15, -0.1) is 11.3 Å². The molecule has 5 nitrogen and oxygen atoms in total. The van der Waals surface area contributed by atoms with Crippen LogP contribution in [0, 0.1) is 6.92 Å². The molecular formula is C23H22N2O3S. The summed E-state index contributed by atoms with van der Waals surface area (Å²) in [5, 5.41) is 5.01. The number of ether oxygens (including phenoxy) is 1. The van der Waals surface area contributed by atoms with Gasteiger partial charge < -0.3 is 15.0 Å². The molecule has 4 rings (SSSR count). The Morgan fingerprint density at radius 2 is 1.93 bits per heavy atom. The second-order valence-corrected chi connectivity index (χ2v) is 8.11. The van der Waals surface area contributed by atoms with Crippen molar-refractivity contribution in [1.82, 2.24) is 4.90 Å². The summed E-state index contributed by atoms with van der Waals surface area (Å²) in [6, 6.07) is 16.6. The number of thiophene rings is 1.